The summed E-state index contributed by atoms with van der Waals surface area (Å²) in [7, 11) is 0. The lowest BCUT2D eigenvalue weighted by molar-refractivity contribution is -0.143. The molecular weight excluding hydrogens is 472 g/mol. The van der Waals surface area contributed by atoms with Crippen molar-refractivity contribution in [2.75, 3.05) is 5.32 Å². The standard InChI is InChI=1S/C25H25F6N3O/c1-2-3-4-5-6-7-17-8-10-18(11-9-17)23(35)32-19-12-14-20(15-13-19)34-22(25(29,30)31)16-21(33-34)24(26,27)28/h8-16H,2-7H2,1H3,(H,32,35). The van der Waals surface area contributed by atoms with Gasteiger partial charge in [0.1, 0.15) is 5.69 Å². The van der Waals surface area contributed by atoms with Crippen molar-refractivity contribution < 1.29 is 31.1 Å². The van der Waals surface area contributed by atoms with E-state index in [0.717, 1.165) is 37.0 Å². The van der Waals surface area contributed by atoms with Crippen molar-refractivity contribution >= 4 is 11.6 Å². The summed E-state index contributed by atoms with van der Waals surface area (Å²) in [6, 6.07) is 12.0. The van der Waals surface area contributed by atoms with Gasteiger partial charge in [0.15, 0.2) is 5.69 Å². The number of carbonyl (C=O) groups excluding carboxylic acids is 1. The van der Waals surface area contributed by atoms with E-state index in [4.69, 9.17) is 0 Å². The van der Waals surface area contributed by atoms with Crippen LogP contribution < -0.4 is 5.32 Å². The van der Waals surface area contributed by atoms with Crippen LogP contribution in [0.4, 0.5) is 32.0 Å². The van der Waals surface area contributed by atoms with Gasteiger partial charge in [-0.2, -0.15) is 31.4 Å². The highest BCUT2D eigenvalue weighted by molar-refractivity contribution is 6.04. The number of nitrogens with one attached hydrogen (secondary N) is 1. The van der Waals surface area contributed by atoms with Crippen molar-refractivity contribution in [3.8, 4) is 5.69 Å². The Morgan fingerprint density at radius 1 is 0.857 bits per heavy atom. The van der Waals surface area contributed by atoms with Crippen molar-refractivity contribution in [2.24, 2.45) is 0 Å². The third-order valence-corrected chi connectivity index (χ3v) is 5.45. The molecule has 0 aliphatic carbocycles. The highest BCUT2D eigenvalue weighted by atomic mass is 19.4. The van der Waals surface area contributed by atoms with Crippen molar-refractivity contribution in [2.45, 2.75) is 57.8 Å². The van der Waals surface area contributed by atoms with Gasteiger partial charge in [-0.15, -0.1) is 0 Å². The molecule has 0 unspecified atom stereocenters. The highest BCUT2D eigenvalue weighted by Gasteiger charge is 2.42. The first-order valence-corrected chi connectivity index (χ1v) is 11.2. The fourth-order valence-corrected chi connectivity index (χ4v) is 3.56. The van der Waals surface area contributed by atoms with Crippen molar-refractivity contribution in [1.82, 2.24) is 9.78 Å². The molecule has 0 radical (unpaired) electrons. The summed E-state index contributed by atoms with van der Waals surface area (Å²) in [5.41, 5.74) is -1.62. The van der Waals surface area contributed by atoms with E-state index in [0.29, 0.717) is 5.56 Å². The van der Waals surface area contributed by atoms with Gasteiger partial charge in [0.2, 0.25) is 0 Å². The van der Waals surface area contributed by atoms with Crippen LogP contribution >= 0.6 is 0 Å². The quantitative estimate of drug-likeness (QED) is 0.244. The molecule has 0 bridgehead atoms. The van der Waals surface area contributed by atoms with Crippen LogP contribution in [0.5, 0.6) is 0 Å². The van der Waals surface area contributed by atoms with Crippen molar-refractivity contribution in [1.29, 1.82) is 0 Å². The van der Waals surface area contributed by atoms with Gasteiger partial charge in [-0.3, -0.25) is 4.79 Å². The monoisotopic (exact) mass is 497 g/mol. The van der Waals surface area contributed by atoms with Crippen molar-refractivity contribution in [3.63, 3.8) is 0 Å². The molecule has 1 aromatic heterocycles. The lowest BCUT2D eigenvalue weighted by Gasteiger charge is -2.11. The van der Waals surface area contributed by atoms with Crippen LogP contribution in [0.1, 0.15) is 66.3 Å². The van der Waals surface area contributed by atoms with E-state index < -0.39 is 29.6 Å². The molecule has 0 saturated carbocycles. The first-order chi connectivity index (χ1) is 16.5. The van der Waals surface area contributed by atoms with Gasteiger partial charge in [0.25, 0.3) is 5.91 Å². The zero-order chi connectivity index (χ0) is 25.6. The number of anilines is 1. The maximum absolute atomic E-state index is 13.2. The van der Waals surface area contributed by atoms with Gasteiger partial charge in [0, 0.05) is 17.3 Å². The largest absolute Gasteiger partial charge is 0.435 e. The number of unbranched alkanes of at least 4 members (excludes halogenated alkanes) is 4. The molecule has 1 heterocycles. The van der Waals surface area contributed by atoms with Crippen LogP contribution in [-0.2, 0) is 18.8 Å². The molecule has 0 spiro atoms. The number of aromatic nitrogens is 2. The Labute approximate surface area is 199 Å². The van der Waals surface area contributed by atoms with E-state index in [2.05, 4.69) is 17.3 Å². The third kappa shape index (κ3) is 7.10. The number of alkyl halides is 6. The minimum Gasteiger partial charge on any atom is -0.322 e. The third-order valence-electron chi connectivity index (χ3n) is 5.45. The molecule has 4 nitrogen and oxygen atoms in total. The van der Waals surface area contributed by atoms with Crippen LogP contribution in [0.3, 0.4) is 0 Å². The molecule has 0 fully saturated rings. The van der Waals surface area contributed by atoms with Crippen LogP contribution in [0, 0.1) is 0 Å². The number of nitrogens with zero attached hydrogens (tertiary/aromatic N) is 2. The number of halogens is 6. The molecule has 0 aliphatic heterocycles. The SMILES string of the molecule is CCCCCCCc1ccc(C(=O)Nc2ccc(-n3nc(C(F)(F)F)cc3C(F)(F)F)cc2)cc1. The van der Waals surface area contributed by atoms with Gasteiger partial charge >= 0.3 is 12.4 Å². The summed E-state index contributed by atoms with van der Waals surface area (Å²) in [5.74, 6) is -0.415. The zero-order valence-corrected chi connectivity index (χ0v) is 19.0. The summed E-state index contributed by atoms with van der Waals surface area (Å²) >= 11 is 0. The average Bonchev–Trinajstić information content (AvgIpc) is 3.27. The Hall–Kier alpha value is -3.30. The molecule has 3 aromatic rings. The van der Waals surface area contributed by atoms with E-state index >= 15 is 0 Å². The second kappa shape index (κ2) is 11.0. The molecule has 1 amide bonds. The predicted molar refractivity (Wildman–Crippen MR) is 120 cm³/mol. The number of hydrogen-bond donors (Lipinski definition) is 1. The minimum atomic E-state index is -5.04. The zero-order valence-electron chi connectivity index (χ0n) is 19.0. The van der Waals surface area contributed by atoms with Crippen LogP contribution in [0.15, 0.2) is 54.6 Å². The number of hydrogen-bond acceptors (Lipinski definition) is 2. The Morgan fingerprint density at radius 3 is 2.06 bits per heavy atom. The average molecular weight is 497 g/mol. The fraction of sp³-hybridized carbons (Fsp3) is 0.360. The molecule has 0 atom stereocenters. The molecule has 35 heavy (non-hydrogen) atoms. The number of carbonyl (C=O) groups is 1. The van der Waals surface area contributed by atoms with Gasteiger partial charge < -0.3 is 5.32 Å². The summed E-state index contributed by atoms with van der Waals surface area (Å²) in [4.78, 5) is 12.5. The van der Waals surface area contributed by atoms with E-state index in [1.165, 1.54) is 31.4 Å². The number of benzene rings is 2. The Balaban J connectivity index is 1.67. The molecular formula is C25H25F6N3O. The highest BCUT2D eigenvalue weighted by Crippen LogP contribution is 2.36. The first-order valence-electron chi connectivity index (χ1n) is 11.2. The second-order valence-electron chi connectivity index (χ2n) is 8.18. The Bertz CT molecular complexity index is 1120. The number of rotatable bonds is 9. The normalized spacial score (nSPS) is 12.1. The minimum absolute atomic E-state index is 0.0371. The lowest BCUT2D eigenvalue weighted by atomic mass is 10.0. The second-order valence-corrected chi connectivity index (χ2v) is 8.18. The lowest BCUT2D eigenvalue weighted by Crippen LogP contribution is -2.14. The van der Waals surface area contributed by atoms with Crippen LogP contribution in [-0.4, -0.2) is 15.7 Å². The summed E-state index contributed by atoms with van der Waals surface area (Å²) in [6.45, 7) is 2.16. The molecule has 1 N–H and O–H groups in total. The Kier molecular flexibility index (Phi) is 8.24. The molecule has 10 heteroatoms. The summed E-state index contributed by atoms with van der Waals surface area (Å²) in [6.07, 6.45) is -3.28. The molecule has 3 rings (SSSR count). The predicted octanol–water partition coefficient (Wildman–Crippen LogP) is 7.68. The number of amides is 1. The summed E-state index contributed by atoms with van der Waals surface area (Å²) in [5, 5.41) is 5.71. The fourth-order valence-electron chi connectivity index (χ4n) is 3.56. The topological polar surface area (TPSA) is 46.9 Å². The molecule has 188 valence electrons. The summed E-state index contributed by atoms with van der Waals surface area (Å²) < 4.78 is 78.6. The molecule has 0 aliphatic rings. The maximum Gasteiger partial charge on any atom is 0.435 e. The van der Waals surface area contributed by atoms with Gasteiger partial charge in [-0.25, -0.2) is 4.68 Å². The van der Waals surface area contributed by atoms with Crippen LogP contribution in [0.25, 0.3) is 5.69 Å². The first kappa shape index (κ1) is 26.3. The van der Waals surface area contributed by atoms with Gasteiger partial charge in [0.05, 0.1) is 5.69 Å². The van der Waals surface area contributed by atoms with Crippen molar-refractivity contribution in [3.05, 3.63) is 77.1 Å². The Morgan fingerprint density at radius 2 is 1.49 bits per heavy atom. The van der Waals surface area contributed by atoms with E-state index in [9.17, 15) is 31.1 Å². The van der Waals surface area contributed by atoms with E-state index in [1.54, 1.807) is 12.1 Å². The smallest absolute Gasteiger partial charge is 0.322 e. The van der Waals surface area contributed by atoms with Gasteiger partial charge in [-0.1, -0.05) is 44.7 Å². The maximum atomic E-state index is 13.2. The van der Waals surface area contributed by atoms with Gasteiger partial charge in [-0.05, 0) is 54.8 Å². The van der Waals surface area contributed by atoms with E-state index in [-0.39, 0.29) is 22.1 Å². The molecule has 0 saturated heterocycles. The van der Waals surface area contributed by atoms with E-state index in [1.807, 2.05) is 12.1 Å². The van der Waals surface area contributed by atoms with Crippen LogP contribution in [0.2, 0.25) is 0 Å². The molecule has 2 aromatic carbocycles. The number of aryl methyl sites for hydroxylation is 1.